The zero-order valence-corrected chi connectivity index (χ0v) is 31.4. The average Bonchev–Trinajstić information content (AvgIpc) is 3.79. The molecule has 1 aromatic carbocycles. The van der Waals surface area contributed by atoms with Gasteiger partial charge in [0.05, 0.1) is 41.3 Å². The second-order valence-electron chi connectivity index (χ2n) is 13.4. The van der Waals surface area contributed by atoms with Gasteiger partial charge >= 0.3 is 0 Å². The van der Waals surface area contributed by atoms with Gasteiger partial charge in [0.25, 0.3) is 0 Å². The molecular formula is C39H42Cl2N8O4. The SMILES string of the molecule is COc1nc(-c2cccc(-c3ccnc(-c4cc(OC)c5nc(CNC6CCN(C(C)=O)CC6)cn5c4)c3Cl)c2Cl)ccc1CNC[C@H]1CCC(=O)N1. The number of halogens is 2. The fraction of sp³-hybridized carbons (Fsp3) is 0.359. The van der Waals surface area contributed by atoms with Crippen molar-refractivity contribution in [3.8, 4) is 45.3 Å². The number of hydrogen-bond acceptors (Lipinski definition) is 9. The summed E-state index contributed by atoms with van der Waals surface area (Å²) in [7, 11) is 3.22. The lowest BCUT2D eigenvalue weighted by Crippen LogP contribution is -2.43. The number of rotatable bonds is 12. The van der Waals surface area contributed by atoms with Gasteiger partial charge in [-0.1, -0.05) is 47.5 Å². The number of nitrogens with one attached hydrogen (secondary N) is 3. The van der Waals surface area contributed by atoms with Crippen LogP contribution in [-0.2, 0) is 22.7 Å². The first kappa shape index (κ1) is 36.6. The predicted molar refractivity (Wildman–Crippen MR) is 205 cm³/mol. The standard InChI is InChI=1S/C39H42Cl2N8O4/c1-23(50)48-15-12-26(13-16-48)44-20-28-22-49-21-25(17-33(52-2)38(49)46-28)37-36(41)30(11-14-43-37)29-5-4-6-31(35(29)40)32-9-7-24(39(47-32)53-3)18-42-19-27-8-10-34(51)45-27/h4-7,9,11,14,17,21-22,26-27,42,44H,8,10,12-13,15-16,18-20H2,1-3H3,(H,45,51)/t27-/m1/s1. The highest BCUT2D eigenvalue weighted by molar-refractivity contribution is 6.39. The molecule has 53 heavy (non-hydrogen) atoms. The predicted octanol–water partition coefficient (Wildman–Crippen LogP) is 5.92. The van der Waals surface area contributed by atoms with Crippen LogP contribution in [0.15, 0.2) is 61.1 Å². The topological polar surface area (TPSA) is 135 Å². The monoisotopic (exact) mass is 756 g/mol. The van der Waals surface area contributed by atoms with Crippen LogP contribution in [0.2, 0.25) is 10.0 Å². The number of ether oxygens (including phenoxy) is 2. The quantitative estimate of drug-likeness (QED) is 0.142. The van der Waals surface area contributed by atoms with Crippen LogP contribution in [0.25, 0.3) is 39.3 Å². The number of imidazole rings is 1. The number of hydrogen-bond donors (Lipinski definition) is 3. The van der Waals surface area contributed by atoms with E-state index in [4.69, 9.17) is 42.6 Å². The van der Waals surface area contributed by atoms with Crippen molar-refractivity contribution in [3.63, 3.8) is 0 Å². The van der Waals surface area contributed by atoms with Gasteiger partial charge < -0.3 is 34.7 Å². The van der Waals surface area contributed by atoms with E-state index in [2.05, 4.69) is 20.9 Å². The number of likely N-dealkylation sites (tertiary alicyclic amines) is 1. The maximum Gasteiger partial charge on any atom is 0.220 e. The van der Waals surface area contributed by atoms with Gasteiger partial charge in [-0.25, -0.2) is 9.97 Å². The fourth-order valence-electron chi connectivity index (χ4n) is 7.06. The van der Waals surface area contributed by atoms with Crippen molar-refractivity contribution in [2.75, 3.05) is 33.9 Å². The smallest absolute Gasteiger partial charge is 0.220 e. The van der Waals surface area contributed by atoms with Crippen LogP contribution >= 0.6 is 23.2 Å². The molecule has 12 nitrogen and oxygen atoms in total. The molecule has 276 valence electrons. The van der Waals surface area contributed by atoms with E-state index in [1.165, 1.54) is 0 Å². The molecule has 2 fully saturated rings. The van der Waals surface area contributed by atoms with Gasteiger partial charge in [0.1, 0.15) is 0 Å². The average molecular weight is 758 g/mol. The van der Waals surface area contributed by atoms with Crippen molar-refractivity contribution in [1.82, 2.24) is 40.2 Å². The number of carbonyl (C=O) groups is 2. The summed E-state index contributed by atoms with van der Waals surface area (Å²) in [6.07, 6.45) is 8.87. The number of amides is 2. The molecule has 7 rings (SSSR count). The second kappa shape index (κ2) is 16.1. The molecule has 0 radical (unpaired) electrons. The fourth-order valence-corrected chi connectivity index (χ4v) is 7.71. The highest BCUT2D eigenvalue weighted by Gasteiger charge is 2.23. The number of aromatic nitrogens is 4. The summed E-state index contributed by atoms with van der Waals surface area (Å²) in [5, 5.41) is 10.9. The number of benzene rings is 1. The molecule has 14 heteroatoms. The minimum Gasteiger partial charge on any atom is -0.493 e. The minimum absolute atomic E-state index is 0.0958. The first-order valence-electron chi connectivity index (χ1n) is 17.7. The summed E-state index contributed by atoms with van der Waals surface area (Å²) in [6.45, 7) is 4.96. The third-order valence-electron chi connectivity index (χ3n) is 9.95. The molecule has 3 N–H and O–H groups in total. The Morgan fingerprint density at radius 3 is 2.49 bits per heavy atom. The van der Waals surface area contributed by atoms with Crippen LogP contribution in [0.5, 0.6) is 11.6 Å². The molecular weight excluding hydrogens is 715 g/mol. The number of nitrogens with zero attached hydrogens (tertiary/aromatic N) is 5. The Labute approximate surface area is 318 Å². The summed E-state index contributed by atoms with van der Waals surface area (Å²) >= 11 is 14.3. The molecule has 4 aromatic heterocycles. The van der Waals surface area contributed by atoms with Gasteiger partial charge in [0.2, 0.25) is 17.7 Å². The van der Waals surface area contributed by atoms with Crippen LogP contribution in [0.4, 0.5) is 0 Å². The van der Waals surface area contributed by atoms with Crippen molar-refractivity contribution in [1.29, 1.82) is 0 Å². The maximum atomic E-state index is 11.7. The molecule has 0 aliphatic carbocycles. The van der Waals surface area contributed by atoms with Gasteiger partial charge in [0.15, 0.2) is 11.4 Å². The Hall–Kier alpha value is -4.75. The van der Waals surface area contributed by atoms with Gasteiger partial charge in [-0.05, 0) is 37.5 Å². The van der Waals surface area contributed by atoms with E-state index in [1.807, 2.05) is 64.2 Å². The van der Waals surface area contributed by atoms with E-state index in [1.54, 1.807) is 27.3 Å². The van der Waals surface area contributed by atoms with E-state index in [9.17, 15) is 9.59 Å². The Morgan fingerprint density at radius 1 is 0.962 bits per heavy atom. The molecule has 5 aromatic rings. The van der Waals surface area contributed by atoms with Gasteiger partial charge in [-0.2, -0.15) is 0 Å². The molecule has 2 saturated heterocycles. The number of methoxy groups -OCH3 is 2. The molecule has 6 heterocycles. The molecule has 0 bridgehead atoms. The normalized spacial score (nSPS) is 16.3. The minimum atomic E-state index is 0.0958. The third kappa shape index (κ3) is 7.96. The van der Waals surface area contributed by atoms with Crippen molar-refractivity contribution in [2.45, 2.75) is 57.8 Å². The zero-order chi connectivity index (χ0) is 37.1. The van der Waals surface area contributed by atoms with E-state index >= 15 is 0 Å². The highest BCUT2D eigenvalue weighted by atomic mass is 35.5. The van der Waals surface area contributed by atoms with Crippen LogP contribution in [-0.4, -0.2) is 82.0 Å². The Bertz CT molecular complexity index is 2150. The van der Waals surface area contributed by atoms with E-state index in [-0.39, 0.29) is 17.9 Å². The van der Waals surface area contributed by atoms with Gasteiger partial charge in [-0.15, -0.1) is 0 Å². The lowest BCUT2D eigenvalue weighted by atomic mass is 10.00. The highest BCUT2D eigenvalue weighted by Crippen LogP contribution is 2.42. The number of fused-ring (bicyclic) bond motifs is 1. The first-order valence-corrected chi connectivity index (χ1v) is 18.5. The summed E-state index contributed by atoms with van der Waals surface area (Å²) in [5.74, 6) is 1.31. The van der Waals surface area contributed by atoms with Crippen LogP contribution in [0.1, 0.15) is 43.9 Å². The van der Waals surface area contributed by atoms with E-state index in [0.717, 1.165) is 65.9 Å². The summed E-state index contributed by atoms with van der Waals surface area (Å²) in [5.41, 5.74) is 6.65. The molecule has 2 aliphatic rings. The first-order chi connectivity index (χ1) is 25.7. The molecule has 0 saturated carbocycles. The van der Waals surface area contributed by atoms with E-state index in [0.29, 0.717) is 70.8 Å². The summed E-state index contributed by atoms with van der Waals surface area (Å²) in [4.78, 5) is 39.5. The Balaban J connectivity index is 1.11. The van der Waals surface area contributed by atoms with Crippen LogP contribution < -0.4 is 25.4 Å². The lowest BCUT2D eigenvalue weighted by molar-refractivity contribution is -0.130. The molecule has 2 amide bonds. The van der Waals surface area contributed by atoms with Crippen molar-refractivity contribution >= 4 is 40.7 Å². The second-order valence-corrected chi connectivity index (χ2v) is 14.2. The van der Waals surface area contributed by atoms with Gasteiger partial charge in [-0.3, -0.25) is 14.6 Å². The molecule has 0 spiro atoms. The van der Waals surface area contributed by atoms with Crippen molar-refractivity contribution < 1.29 is 19.1 Å². The maximum absolute atomic E-state index is 11.7. The summed E-state index contributed by atoms with van der Waals surface area (Å²) < 4.78 is 13.4. The number of piperidine rings is 1. The summed E-state index contributed by atoms with van der Waals surface area (Å²) in [6, 6.07) is 13.9. The third-order valence-corrected chi connectivity index (χ3v) is 10.7. The van der Waals surface area contributed by atoms with Crippen molar-refractivity contribution in [3.05, 3.63) is 82.4 Å². The van der Waals surface area contributed by atoms with Crippen molar-refractivity contribution in [2.24, 2.45) is 0 Å². The molecule has 1 atom stereocenters. The Morgan fingerprint density at radius 2 is 1.75 bits per heavy atom. The van der Waals surface area contributed by atoms with Crippen LogP contribution in [0.3, 0.4) is 0 Å². The van der Waals surface area contributed by atoms with Gasteiger partial charge in [0, 0.05) is 105 Å². The largest absolute Gasteiger partial charge is 0.493 e. The number of carbonyl (C=O) groups excluding carboxylic acids is 2. The number of pyridine rings is 3. The van der Waals surface area contributed by atoms with E-state index < -0.39 is 0 Å². The zero-order valence-electron chi connectivity index (χ0n) is 29.9. The molecule has 2 aliphatic heterocycles. The lowest BCUT2D eigenvalue weighted by Gasteiger charge is -2.31. The molecule has 0 unspecified atom stereocenters. The Kier molecular flexibility index (Phi) is 11.1. The van der Waals surface area contributed by atoms with Crippen LogP contribution in [0, 0.1) is 0 Å².